The molecule has 4 heteroatoms. The first-order valence-electron chi connectivity index (χ1n) is 7.65. The summed E-state index contributed by atoms with van der Waals surface area (Å²) in [5.74, 6) is 0.190. The molecule has 0 radical (unpaired) electrons. The molecular weight excluding hydrogens is 278 g/mol. The van der Waals surface area contributed by atoms with Gasteiger partial charge in [-0.05, 0) is 43.7 Å². The van der Waals surface area contributed by atoms with Crippen LogP contribution >= 0.6 is 0 Å². The van der Waals surface area contributed by atoms with E-state index in [-0.39, 0.29) is 17.9 Å². The Hall–Kier alpha value is -1.81. The number of nitrogens with one attached hydrogen (secondary N) is 1. The maximum Gasteiger partial charge on any atom is 0.287 e. The largest absolute Gasteiger partial charge is 0.450 e. The predicted molar refractivity (Wildman–Crippen MR) is 88.2 cm³/mol. The van der Waals surface area contributed by atoms with Crippen molar-refractivity contribution in [1.82, 2.24) is 5.32 Å². The molecule has 0 unspecified atom stereocenters. The van der Waals surface area contributed by atoms with Gasteiger partial charge in [0.05, 0.1) is 0 Å². The van der Waals surface area contributed by atoms with Gasteiger partial charge in [-0.3, -0.25) is 4.79 Å². The van der Waals surface area contributed by atoms with Crippen molar-refractivity contribution in [2.75, 3.05) is 13.2 Å². The summed E-state index contributed by atoms with van der Waals surface area (Å²) >= 11 is 0. The van der Waals surface area contributed by atoms with Crippen molar-refractivity contribution in [3.8, 4) is 0 Å². The molecule has 0 aliphatic heterocycles. The van der Waals surface area contributed by atoms with E-state index in [9.17, 15) is 9.90 Å². The van der Waals surface area contributed by atoms with Gasteiger partial charge in [-0.25, -0.2) is 0 Å². The fourth-order valence-corrected chi connectivity index (χ4v) is 2.57. The lowest BCUT2D eigenvalue weighted by atomic mass is 9.91. The van der Waals surface area contributed by atoms with Crippen LogP contribution in [0.4, 0.5) is 0 Å². The second kappa shape index (κ2) is 6.13. The van der Waals surface area contributed by atoms with Gasteiger partial charge in [0.2, 0.25) is 0 Å². The minimum absolute atomic E-state index is 0.102. The Morgan fingerprint density at radius 2 is 1.86 bits per heavy atom. The molecule has 0 saturated carbocycles. The molecule has 120 valence electrons. The van der Waals surface area contributed by atoms with Gasteiger partial charge in [0, 0.05) is 24.1 Å². The molecule has 2 rings (SSSR count). The molecular formula is C18H25NO3. The quantitative estimate of drug-likeness (QED) is 0.888. The zero-order valence-electron chi connectivity index (χ0n) is 14.0. The minimum Gasteiger partial charge on any atom is -0.450 e. The number of furan rings is 1. The standard InChI is InChI=1S/C18H25NO3/c1-11-6-7-12(2)15-14(11)13(3)16(22-15)17(21)19-9-8-18(4,5)10-20/h6-7,20H,8-10H2,1-5H3,(H,19,21). The van der Waals surface area contributed by atoms with E-state index in [1.54, 1.807) is 0 Å². The third-order valence-electron chi connectivity index (χ3n) is 4.20. The maximum atomic E-state index is 12.4. The van der Waals surface area contributed by atoms with Crippen LogP contribution < -0.4 is 5.32 Å². The number of rotatable bonds is 5. The van der Waals surface area contributed by atoms with Gasteiger partial charge in [0.25, 0.3) is 5.91 Å². The molecule has 4 nitrogen and oxygen atoms in total. The van der Waals surface area contributed by atoms with Crippen LogP contribution in [-0.2, 0) is 0 Å². The third-order valence-corrected chi connectivity index (χ3v) is 4.20. The SMILES string of the molecule is Cc1ccc(C)c2c(C)c(C(=O)NCCC(C)(C)CO)oc12. The van der Waals surface area contributed by atoms with Crippen LogP contribution in [0, 0.1) is 26.2 Å². The van der Waals surface area contributed by atoms with Crippen LogP contribution in [0.3, 0.4) is 0 Å². The number of fused-ring (bicyclic) bond motifs is 1. The van der Waals surface area contributed by atoms with Crippen LogP contribution in [0.25, 0.3) is 11.0 Å². The van der Waals surface area contributed by atoms with Crippen molar-refractivity contribution in [3.05, 3.63) is 34.6 Å². The molecule has 0 bridgehead atoms. The van der Waals surface area contributed by atoms with Crippen LogP contribution in [0.2, 0.25) is 0 Å². The van der Waals surface area contributed by atoms with E-state index in [2.05, 4.69) is 5.32 Å². The van der Waals surface area contributed by atoms with Crippen molar-refractivity contribution in [2.45, 2.75) is 41.0 Å². The lowest BCUT2D eigenvalue weighted by molar-refractivity contribution is 0.0912. The second-order valence-corrected chi connectivity index (χ2v) is 6.79. The highest BCUT2D eigenvalue weighted by atomic mass is 16.3. The summed E-state index contributed by atoms with van der Waals surface area (Å²) in [5, 5.41) is 13.2. The highest BCUT2D eigenvalue weighted by molar-refractivity contribution is 6.00. The molecule has 0 aliphatic carbocycles. The van der Waals surface area contributed by atoms with Gasteiger partial charge >= 0.3 is 0 Å². The predicted octanol–water partition coefficient (Wildman–Crippen LogP) is 3.50. The molecule has 0 saturated heterocycles. The van der Waals surface area contributed by atoms with Gasteiger partial charge in [-0.2, -0.15) is 0 Å². The lowest BCUT2D eigenvalue weighted by Gasteiger charge is -2.21. The Bertz CT molecular complexity index is 698. The summed E-state index contributed by atoms with van der Waals surface area (Å²) in [7, 11) is 0. The zero-order chi connectivity index (χ0) is 16.5. The Morgan fingerprint density at radius 1 is 1.23 bits per heavy atom. The summed E-state index contributed by atoms with van der Waals surface area (Å²) in [6.07, 6.45) is 0.715. The Balaban J connectivity index is 2.21. The molecule has 1 aromatic carbocycles. The molecule has 0 fully saturated rings. The highest BCUT2D eigenvalue weighted by Crippen LogP contribution is 2.30. The van der Waals surface area contributed by atoms with E-state index in [1.165, 1.54) is 0 Å². The van der Waals surface area contributed by atoms with E-state index in [0.717, 1.165) is 27.7 Å². The average molecular weight is 303 g/mol. The van der Waals surface area contributed by atoms with Crippen LogP contribution in [-0.4, -0.2) is 24.2 Å². The van der Waals surface area contributed by atoms with E-state index >= 15 is 0 Å². The molecule has 0 spiro atoms. The first-order valence-corrected chi connectivity index (χ1v) is 7.65. The fraction of sp³-hybridized carbons (Fsp3) is 0.500. The minimum atomic E-state index is -0.193. The normalized spacial score (nSPS) is 11.9. The van der Waals surface area contributed by atoms with E-state index in [0.29, 0.717) is 18.7 Å². The topological polar surface area (TPSA) is 62.5 Å². The molecule has 0 atom stereocenters. The summed E-state index contributed by atoms with van der Waals surface area (Å²) in [6, 6.07) is 4.05. The van der Waals surface area contributed by atoms with Crippen molar-refractivity contribution >= 4 is 16.9 Å². The average Bonchev–Trinajstić information content (AvgIpc) is 2.82. The third kappa shape index (κ3) is 3.17. The highest BCUT2D eigenvalue weighted by Gasteiger charge is 2.21. The fourth-order valence-electron chi connectivity index (χ4n) is 2.57. The summed E-state index contributed by atoms with van der Waals surface area (Å²) in [6.45, 7) is 10.5. The van der Waals surface area contributed by atoms with Gasteiger partial charge in [-0.15, -0.1) is 0 Å². The first kappa shape index (κ1) is 16.6. The van der Waals surface area contributed by atoms with Gasteiger partial charge in [0.15, 0.2) is 5.76 Å². The lowest BCUT2D eigenvalue weighted by Crippen LogP contribution is -2.29. The Morgan fingerprint density at radius 3 is 2.45 bits per heavy atom. The van der Waals surface area contributed by atoms with Crippen molar-refractivity contribution < 1.29 is 14.3 Å². The van der Waals surface area contributed by atoms with Crippen LogP contribution in [0.1, 0.15) is 47.5 Å². The number of aliphatic hydroxyl groups excluding tert-OH is 1. The number of aryl methyl sites for hydroxylation is 3. The number of amides is 1. The van der Waals surface area contributed by atoms with Crippen molar-refractivity contribution in [1.29, 1.82) is 0 Å². The Labute approximate surface area is 131 Å². The number of carbonyl (C=O) groups excluding carboxylic acids is 1. The second-order valence-electron chi connectivity index (χ2n) is 6.79. The molecule has 2 N–H and O–H groups in total. The molecule has 2 aromatic rings. The van der Waals surface area contributed by atoms with Crippen LogP contribution in [0.5, 0.6) is 0 Å². The molecule has 1 heterocycles. The summed E-state index contributed by atoms with van der Waals surface area (Å²) < 4.78 is 5.82. The number of hydrogen-bond donors (Lipinski definition) is 2. The van der Waals surface area contributed by atoms with Crippen molar-refractivity contribution in [2.24, 2.45) is 5.41 Å². The summed E-state index contributed by atoms with van der Waals surface area (Å²) in [4.78, 5) is 12.4. The van der Waals surface area contributed by atoms with Gasteiger partial charge in [0.1, 0.15) is 5.58 Å². The van der Waals surface area contributed by atoms with E-state index < -0.39 is 0 Å². The van der Waals surface area contributed by atoms with E-state index in [4.69, 9.17) is 4.42 Å². The first-order chi connectivity index (χ1) is 10.3. The number of carbonyl (C=O) groups is 1. The maximum absolute atomic E-state index is 12.4. The number of hydrogen-bond acceptors (Lipinski definition) is 3. The van der Waals surface area contributed by atoms with Crippen molar-refractivity contribution in [3.63, 3.8) is 0 Å². The molecule has 1 aromatic heterocycles. The molecule has 1 amide bonds. The molecule has 22 heavy (non-hydrogen) atoms. The monoisotopic (exact) mass is 303 g/mol. The molecule has 0 aliphatic rings. The number of aliphatic hydroxyl groups is 1. The van der Waals surface area contributed by atoms with E-state index in [1.807, 2.05) is 46.8 Å². The Kier molecular flexibility index (Phi) is 4.61. The number of benzene rings is 1. The summed E-state index contributed by atoms with van der Waals surface area (Å²) in [5.41, 5.74) is 3.63. The zero-order valence-corrected chi connectivity index (χ0v) is 14.0. The van der Waals surface area contributed by atoms with Gasteiger partial charge < -0.3 is 14.8 Å². The smallest absolute Gasteiger partial charge is 0.287 e. The van der Waals surface area contributed by atoms with Gasteiger partial charge in [-0.1, -0.05) is 26.0 Å². The van der Waals surface area contributed by atoms with Crippen LogP contribution in [0.15, 0.2) is 16.5 Å².